The van der Waals surface area contributed by atoms with E-state index in [4.69, 9.17) is 4.74 Å². The van der Waals surface area contributed by atoms with Gasteiger partial charge in [-0.05, 0) is 53.8 Å². The number of nitro groups is 1. The number of ether oxygens (including phenoxy) is 1. The second-order valence-corrected chi connectivity index (χ2v) is 6.19. The van der Waals surface area contributed by atoms with Crippen LogP contribution in [0.1, 0.15) is 37.3 Å². The predicted octanol–water partition coefficient (Wildman–Crippen LogP) is 4.30. The molecular formula is C21H23N3O4. The Bertz CT molecular complexity index is 843. The average molecular weight is 381 g/mol. The SMILES string of the molecule is CC[C@H](C)c1ccc(OCC(=O)N/N=C\C=C\c2ccc([N+](=O)[O-])cc2)cc1. The molecule has 0 spiro atoms. The second kappa shape index (κ2) is 10.6. The summed E-state index contributed by atoms with van der Waals surface area (Å²) in [7, 11) is 0. The molecule has 2 aromatic rings. The smallest absolute Gasteiger partial charge is 0.277 e. The molecule has 1 N–H and O–H groups in total. The van der Waals surface area contributed by atoms with Crippen LogP contribution in [0, 0.1) is 10.1 Å². The van der Waals surface area contributed by atoms with Gasteiger partial charge >= 0.3 is 0 Å². The third-order valence-corrected chi connectivity index (χ3v) is 4.17. The number of nitrogens with one attached hydrogen (secondary N) is 1. The molecule has 7 heteroatoms. The Morgan fingerprint density at radius 2 is 1.89 bits per heavy atom. The molecule has 146 valence electrons. The van der Waals surface area contributed by atoms with E-state index in [0.717, 1.165) is 12.0 Å². The fourth-order valence-electron chi connectivity index (χ4n) is 2.32. The number of allylic oxidation sites excluding steroid dienone is 1. The Labute approximate surface area is 163 Å². The number of nitrogens with zero attached hydrogens (tertiary/aromatic N) is 2. The molecule has 0 radical (unpaired) electrons. The van der Waals surface area contributed by atoms with Crippen molar-refractivity contribution in [1.29, 1.82) is 0 Å². The third kappa shape index (κ3) is 6.68. The molecule has 0 fully saturated rings. The lowest BCUT2D eigenvalue weighted by atomic mass is 9.99. The van der Waals surface area contributed by atoms with Crippen molar-refractivity contribution in [2.75, 3.05) is 6.61 Å². The minimum atomic E-state index is -0.452. The summed E-state index contributed by atoms with van der Waals surface area (Å²) in [6.07, 6.45) is 5.82. The zero-order valence-electron chi connectivity index (χ0n) is 15.9. The molecule has 1 atom stereocenters. The lowest BCUT2D eigenvalue weighted by molar-refractivity contribution is -0.384. The van der Waals surface area contributed by atoms with Gasteiger partial charge in [-0.1, -0.05) is 32.1 Å². The topological polar surface area (TPSA) is 93.8 Å². The minimum absolute atomic E-state index is 0.0348. The molecule has 7 nitrogen and oxygen atoms in total. The molecule has 2 rings (SSSR count). The molecule has 2 aromatic carbocycles. The van der Waals surface area contributed by atoms with Gasteiger partial charge in [0.2, 0.25) is 0 Å². The largest absolute Gasteiger partial charge is 0.484 e. The van der Waals surface area contributed by atoms with Crippen LogP contribution in [0.4, 0.5) is 5.69 Å². The van der Waals surface area contributed by atoms with Gasteiger partial charge in [-0.3, -0.25) is 14.9 Å². The second-order valence-electron chi connectivity index (χ2n) is 6.19. The van der Waals surface area contributed by atoms with E-state index in [9.17, 15) is 14.9 Å². The maximum absolute atomic E-state index is 11.7. The first kappa shape index (κ1) is 20.8. The Morgan fingerprint density at radius 3 is 2.50 bits per heavy atom. The molecule has 0 aliphatic rings. The van der Waals surface area contributed by atoms with Crippen LogP contribution < -0.4 is 10.2 Å². The number of amides is 1. The summed E-state index contributed by atoms with van der Waals surface area (Å²) in [5.41, 5.74) is 4.43. The summed E-state index contributed by atoms with van der Waals surface area (Å²) < 4.78 is 5.43. The summed E-state index contributed by atoms with van der Waals surface area (Å²) >= 11 is 0. The number of nitro benzene ring substituents is 1. The highest BCUT2D eigenvalue weighted by Gasteiger charge is 2.05. The number of non-ortho nitro benzene ring substituents is 1. The van der Waals surface area contributed by atoms with Gasteiger partial charge in [0.1, 0.15) is 5.75 Å². The van der Waals surface area contributed by atoms with Crippen LogP contribution in [0.25, 0.3) is 6.08 Å². The summed E-state index contributed by atoms with van der Waals surface area (Å²) in [6, 6.07) is 13.8. The van der Waals surface area contributed by atoms with Crippen LogP contribution in [0.5, 0.6) is 5.75 Å². The first-order valence-electron chi connectivity index (χ1n) is 8.95. The highest BCUT2D eigenvalue weighted by Crippen LogP contribution is 2.21. The average Bonchev–Trinajstić information content (AvgIpc) is 2.72. The molecule has 0 aliphatic heterocycles. The number of carbonyl (C=O) groups excluding carboxylic acids is 1. The Kier molecular flexibility index (Phi) is 7.90. The maximum atomic E-state index is 11.7. The molecular weight excluding hydrogens is 358 g/mol. The minimum Gasteiger partial charge on any atom is -0.484 e. The lowest BCUT2D eigenvalue weighted by Gasteiger charge is -2.10. The molecule has 0 saturated heterocycles. The van der Waals surface area contributed by atoms with Gasteiger partial charge in [-0.25, -0.2) is 5.43 Å². The number of hydrazone groups is 1. The van der Waals surface area contributed by atoms with Crippen molar-refractivity contribution in [2.45, 2.75) is 26.2 Å². The summed E-state index contributed by atoms with van der Waals surface area (Å²) in [5, 5.41) is 14.4. The van der Waals surface area contributed by atoms with E-state index >= 15 is 0 Å². The van der Waals surface area contributed by atoms with Crippen molar-refractivity contribution in [3.63, 3.8) is 0 Å². The fraction of sp³-hybridized carbons (Fsp3) is 0.238. The van der Waals surface area contributed by atoms with Crippen LogP contribution in [0.15, 0.2) is 59.7 Å². The molecule has 0 saturated carbocycles. The predicted molar refractivity (Wildman–Crippen MR) is 109 cm³/mol. The van der Waals surface area contributed by atoms with Gasteiger partial charge in [0.25, 0.3) is 11.6 Å². The van der Waals surface area contributed by atoms with Crippen molar-refractivity contribution < 1.29 is 14.5 Å². The van der Waals surface area contributed by atoms with Crippen molar-refractivity contribution >= 4 is 23.9 Å². The van der Waals surface area contributed by atoms with Gasteiger partial charge in [0, 0.05) is 18.3 Å². The Morgan fingerprint density at radius 1 is 1.21 bits per heavy atom. The van der Waals surface area contributed by atoms with E-state index < -0.39 is 4.92 Å². The van der Waals surface area contributed by atoms with E-state index in [1.165, 1.54) is 23.9 Å². The Hall–Kier alpha value is -3.48. The standard InChI is InChI=1S/C21H23N3O4/c1-3-16(2)18-8-12-20(13-9-18)28-15-21(25)23-22-14-4-5-17-6-10-19(11-7-17)24(26)27/h4-14,16H,3,15H2,1-2H3,(H,23,25)/b5-4+,22-14-/t16-/m0/s1. The van der Waals surface area contributed by atoms with Crippen LogP contribution in [0.3, 0.4) is 0 Å². The van der Waals surface area contributed by atoms with Crippen LogP contribution in [0.2, 0.25) is 0 Å². The van der Waals surface area contributed by atoms with Crippen molar-refractivity contribution in [1.82, 2.24) is 5.43 Å². The van der Waals surface area contributed by atoms with Crippen LogP contribution in [-0.2, 0) is 4.79 Å². The number of rotatable bonds is 9. The quantitative estimate of drug-likeness (QED) is 0.398. The van der Waals surface area contributed by atoms with Gasteiger partial charge in [0.05, 0.1) is 4.92 Å². The van der Waals surface area contributed by atoms with E-state index in [1.54, 1.807) is 24.3 Å². The molecule has 0 bridgehead atoms. The molecule has 0 unspecified atom stereocenters. The zero-order chi connectivity index (χ0) is 20.4. The monoisotopic (exact) mass is 381 g/mol. The number of hydrogen-bond acceptors (Lipinski definition) is 5. The third-order valence-electron chi connectivity index (χ3n) is 4.17. The summed E-state index contributed by atoms with van der Waals surface area (Å²) in [4.78, 5) is 21.9. The molecule has 0 heterocycles. The molecule has 28 heavy (non-hydrogen) atoms. The normalized spacial score (nSPS) is 12.2. The fourth-order valence-corrected chi connectivity index (χ4v) is 2.32. The first-order chi connectivity index (χ1) is 13.5. The van der Waals surface area contributed by atoms with E-state index in [2.05, 4.69) is 24.4 Å². The number of carbonyl (C=O) groups is 1. The Balaban J connectivity index is 1.73. The van der Waals surface area contributed by atoms with Crippen molar-refractivity contribution in [3.05, 3.63) is 75.8 Å². The van der Waals surface area contributed by atoms with Gasteiger partial charge in [-0.2, -0.15) is 5.10 Å². The molecule has 0 aromatic heterocycles. The lowest BCUT2D eigenvalue weighted by Crippen LogP contribution is -2.24. The maximum Gasteiger partial charge on any atom is 0.277 e. The number of benzene rings is 2. The van der Waals surface area contributed by atoms with Crippen molar-refractivity contribution in [2.24, 2.45) is 5.10 Å². The summed E-state index contributed by atoms with van der Waals surface area (Å²) in [6.45, 7) is 4.17. The number of hydrogen-bond donors (Lipinski definition) is 1. The van der Waals surface area contributed by atoms with Gasteiger partial charge in [-0.15, -0.1) is 0 Å². The first-order valence-corrected chi connectivity index (χ1v) is 8.95. The highest BCUT2D eigenvalue weighted by molar-refractivity contribution is 5.82. The zero-order valence-corrected chi connectivity index (χ0v) is 15.9. The van der Waals surface area contributed by atoms with E-state index in [-0.39, 0.29) is 18.2 Å². The van der Waals surface area contributed by atoms with Crippen molar-refractivity contribution in [3.8, 4) is 5.75 Å². The van der Waals surface area contributed by atoms with E-state index in [0.29, 0.717) is 11.7 Å². The van der Waals surface area contributed by atoms with E-state index in [1.807, 2.05) is 24.3 Å². The molecule has 0 aliphatic carbocycles. The van der Waals surface area contributed by atoms with Crippen LogP contribution >= 0.6 is 0 Å². The molecule has 1 amide bonds. The summed E-state index contributed by atoms with van der Waals surface area (Å²) in [5.74, 6) is 0.751. The van der Waals surface area contributed by atoms with Gasteiger partial charge < -0.3 is 4.74 Å². The van der Waals surface area contributed by atoms with Crippen LogP contribution in [-0.4, -0.2) is 23.7 Å². The highest BCUT2D eigenvalue weighted by atomic mass is 16.6. The van der Waals surface area contributed by atoms with Gasteiger partial charge in [0.15, 0.2) is 6.61 Å².